The Morgan fingerprint density at radius 2 is 2.05 bits per heavy atom. The predicted octanol–water partition coefficient (Wildman–Crippen LogP) is 3.47. The van der Waals surface area contributed by atoms with Crippen LogP contribution in [0.1, 0.15) is 26.7 Å². The van der Waals surface area contributed by atoms with Crippen LogP contribution in [0.25, 0.3) is 10.9 Å². The van der Waals surface area contributed by atoms with Crippen LogP contribution in [0.3, 0.4) is 0 Å². The van der Waals surface area contributed by atoms with Crippen LogP contribution in [0.5, 0.6) is 0 Å². The van der Waals surface area contributed by atoms with Crippen LogP contribution < -0.4 is 4.72 Å². The first-order chi connectivity index (χ1) is 9.92. The number of aromatic nitrogens is 1. The van der Waals surface area contributed by atoms with Crippen molar-refractivity contribution in [1.29, 1.82) is 0 Å². The van der Waals surface area contributed by atoms with Crippen LogP contribution in [0.15, 0.2) is 41.4 Å². The minimum absolute atomic E-state index is 0.280. The Morgan fingerprint density at radius 3 is 2.71 bits per heavy atom. The molecule has 4 nitrogen and oxygen atoms in total. The molecule has 0 spiro atoms. The molecule has 0 radical (unpaired) electrons. The first-order valence-corrected chi connectivity index (χ1v) is 9.46. The van der Waals surface area contributed by atoms with Crippen molar-refractivity contribution in [3.63, 3.8) is 0 Å². The van der Waals surface area contributed by atoms with Gasteiger partial charge < -0.3 is 0 Å². The highest BCUT2D eigenvalue weighted by Gasteiger charge is 2.29. The quantitative estimate of drug-likeness (QED) is 0.791. The van der Waals surface area contributed by atoms with E-state index in [4.69, 9.17) is 0 Å². The molecule has 0 fully saturated rings. The molecule has 0 amide bonds. The Labute approximate surface area is 134 Å². The van der Waals surface area contributed by atoms with E-state index in [1.807, 2.05) is 19.9 Å². The Morgan fingerprint density at radius 1 is 1.29 bits per heavy atom. The average molecular weight is 371 g/mol. The lowest BCUT2D eigenvalue weighted by Crippen LogP contribution is -2.45. The summed E-state index contributed by atoms with van der Waals surface area (Å²) < 4.78 is 28.3. The molecule has 1 atom stereocenters. The van der Waals surface area contributed by atoms with Crippen molar-refractivity contribution in [2.24, 2.45) is 0 Å². The third kappa shape index (κ3) is 3.62. The van der Waals surface area contributed by atoms with Gasteiger partial charge in [-0.05, 0) is 44.0 Å². The normalized spacial score (nSPS) is 15.0. The van der Waals surface area contributed by atoms with Gasteiger partial charge in [0.15, 0.2) is 0 Å². The molecule has 6 heteroatoms. The fourth-order valence-corrected chi connectivity index (χ4v) is 4.80. The highest BCUT2D eigenvalue weighted by Crippen LogP contribution is 2.25. The molecule has 1 unspecified atom stereocenters. The van der Waals surface area contributed by atoms with Crippen molar-refractivity contribution in [2.45, 2.75) is 37.1 Å². The number of rotatable bonds is 6. The number of alkyl halides is 1. The molecule has 21 heavy (non-hydrogen) atoms. The topological polar surface area (TPSA) is 59.1 Å². The Bertz CT molecular complexity index is 728. The van der Waals surface area contributed by atoms with Crippen molar-refractivity contribution < 1.29 is 8.42 Å². The van der Waals surface area contributed by atoms with Gasteiger partial charge in [-0.15, -0.1) is 0 Å². The SMILES string of the molecule is CCC(C)(CCBr)NS(=O)(=O)c1cccc2ncccc12. The summed E-state index contributed by atoms with van der Waals surface area (Å²) in [6, 6.07) is 8.68. The van der Waals surface area contributed by atoms with E-state index in [1.54, 1.807) is 30.5 Å². The van der Waals surface area contributed by atoms with Crippen LogP contribution in [-0.4, -0.2) is 24.3 Å². The van der Waals surface area contributed by atoms with E-state index in [2.05, 4.69) is 25.6 Å². The second-order valence-corrected chi connectivity index (χ2v) is 7.73. The number of sulfonamides is 1. The van der Waals surface area contributed by atoms with E-state index in [9.17, 15) is 8.42 Å². The lowest BCUT2D eigenvalue weighted by molar-refractivity contribution is 0.392. The number of hydrogen-bond donors (Lipinski definition) is 1. The largest absolute Gasteiger partial charge is 0.256 e. The summed E-state index contributed by atoms with van der Waals surface area (Å²) >= 11 is 3.38. The molecule has 114 valence electrons. The molecule has 2 aromatic rings. The van der Waals surface area contributed by atoms with Crippen LogP contribution in [-0.2, 0) is 10.0 Å². The molecule has 1 aromatic heterocycles. The third-order valence-electron chi connectivity index (χ3n) is 3.70. The molecule has 2 rings (SSSR count). The maximum Gasteiger partial charge on any atom is 0.241 e. The van der Waals surface area contributed by atoms with E-state index in [1.165, 1.54) is 0 Å². The summed E-state index contributed by atoms with van der Waals surface area (Å²) in [5.41, 5.74) is 0.214. The molecule has 0 aliphatic rings. The third-order valence-corrected chi connectivity index (χ3v) is 5.80. The lowest BCUT2D eigenvalue weighted by atomic mass is 9.98. The molecule has 1 N–H and O–H groups in total. The van der Waals surface area contributed by atoms with Gasteiger partial charge in [0.05, 0.1) is 10.4 Å². The first-order valence-electron chi connectivity index (χ1n) is 6.85. The highest BCUT2D eigenvalue weighted by molar-refractivity contribution is 9.09. The molecule has 0 aliphatic carbocycles. The van der Waals surface area contributed by atoms with E-state index in [0.717, 1.165) is 18.2 Å². The second-order valence-electron chi connectivity index (χ2n) is 5.28. The van der Waals surface area contributed by atoms with Crippen molar-refractivity contribution in [3.8, 4) is 0 Å². The van der Waals surface area contributed by atoms with Crippen LogP contribution >= 0.6 is 15.9 Å². The van der Waals surface area contributed by atoms with Gasteiger partial charge in [0.25, 0.3) is 0 Å². The standard InChI is InChI=1S/C15H19BrN2O2S/c1-3-15(2,9-10-16)18-21(19,20)14-8-4-7-13-12(14)6-5-11-17-13/h4-8,11,18H,3,9-10H2,1-2H3. The van der Waals surface area contributed by atoms with Crippen molar-refractivity contribution in [1.82, 2.24) is 9.71 Å². The Kier molecular flexibility index (Phi) is 5.01. The van der Waals surface area contributed by atoms with Gasteiger partial charge in [-0.3, -0.25) is 4.98 Å². The van der Waals surface area contributed by atoms with Gasteiger partial charge in [0.2, 0.25) is 10.0 Å². The van der Waals surface area contributed by atoms with Gasteiger partial charge in [-0.2, -0.15) is 0 Å². The van der Waals surface area contributed by atoms with Crippen molar-refractivity contribution in [3.05, 3.63) is 36.5 Å². The zero-order chi connectivity index (χ0) is 15.5. The molecule has 1 aromatic carbocycles. The number of nitrogens with one attached hydrogen (secondary N) is 1. The van der Waals surface area contributed by atoms with Gasteiger partial charge in [0, 0.05) is 22.5 Å². The molecular weight excluding hydrogens is 352 g/mol. The van der Waals surface area contributed by atoms with E-state index < -0.39 is 15.6 Å². The fraction of sp³-hybridized carbons (Fsp3) is 0.400. The number of halogens is 1. The number of nitrogens with zero attached hydrogens (tertiary/aromatic N) is 1. The molecule has 0 saturated carbocycles. The summed E-state index contributed by atoms with van der Waals surface area (Å²) in [5.74, 6) is 0. The van der Waals surface area contributed by atoms with Crippen molar-refractivity contribution >= 4 is 36.9 Å². The number of benzene rings is 1. The van der Waals surface area contributed by atoms with E-state index in [0.29, 0.717) is 10.9 Å². The maximum atomic E-state index is 12.7. The predicted molar refractivity (Wildman–Crippen MR) is 89.2 cm³/mol. The summed E-state index contributed by atoms with van der Waals surface area (Å²) in [5, 5.41) is 1.39. The monoisotopic (exact) mass is 370 g/mol. The minimum atomic E-state index is -3.59. The summed E-state index contributed by atoms with van der Waals surface area (Å²) in [6.07, 6.45) is 3.11. The van der Waals surface area contributed by atoms with Crippen LogP contribution in [0, 0.1) is 0 Å². The Hall–Kier alpha value is -0.980. The molecule has 0 bridgehead atoms. The van der Waals surface area contributed by atoms with Gasteiger partial charge in [-0.1, -0.05) is 28.9 Å². The zero-order valence-electron chi connectivity index (χ0n) is 12.1. The van der Waals surface area contributed by atoms with Gasteiger partial charge in [0.1, 0.15) is 0 Å². The average Bonchev–Trinajstić information content (AvgIpc) is 2.46. The van der Waals surface area contributed by atoms with Crippen molar-refractivity contribution in [2.75, 3.05) is 5.33 Å². The smallest absolute Gasteiger partial charge is 0.241 e. The molecule has 1 heterocycles. The maximum absolute atomic E-state index is 12.7. The fourth-order valence-electron chi connectivity index (χ4n) is 2.20. The van der Waals surface area contributed by atoms with E-state index in [-0.39, 0.29) is 4.90 Å². The summed E-state index contributed by atoms with van der Waals surface area (Å²) in [4.78, 5) is 4.49. The van der Waals surface area contributed by atoms with Gasteiger partial charge >= 0.3 is 0 Å². The minimum Gasteiger partial charge on any atom is -0.256 e. The first kappa shape index (κ1) is 16.4. The number of fused-ring (bicyclic) bond motifs is 1. The molecule has 0 aliphatic heterocycles. The van der Waals surface area contributed by atoms with Gasteiger partial charge in [-0.25, -0.2) is 13.1 Å². The summed E-state index contributed by atoms with van der Waals surface area (Å²) in [6.45, 7) is 3.91. The zero-order valence-corrected chi connectivity index (χ0v) is 14.5. The molecular formula is C15H19BrN2O2S. The van der Waals surface area contributed by atoms with E-state index >= 15 is 0 Å². The summed E-state index contributed by atoms with van der Waals surface area (Å²) in [7, 11) is -3.59. The molecule has 0 saturated heterocycles. The highest BCUT2D eigenvalue weighted by atomic mass is 79.9. The number of pyridine rings is 1. The van der Waals surface area contributed by atoms with Crippen LogP contribution in [0.2, 0.25) is 0 Å². The number of hydrogen-bond acceptors (Lipinski definition) is 3. The van der Waals surface area contributed by atoms with Crippen LogP contribution in [0.4, 0.5) is 0 Å². The second kappa shape index (κ2) is 6.42. The lowest BCUT2D eigenvalue weighted by Gasteiger charge is -2.28. The Balaban J connectivity index is 2.47.